The average molecular weight is 461 g/mol. The van der Waals surface area contributed by atoms with Gasteiger partial charge in [-0.15, -0.1) is 0 Å². The molecule has 0 aliphatic heterocycles. The molecule has 0 saturated heterocycles. The number of aliphatic carboxylic acids is 1. The van der Waals surface area contributed by atoms with Crippen LogP contribution in [0, 0.1) is 17.7 Å². The van der Waals surface area contributed by atoms with Gasteiger partial charge in [-0.1, -0.05) is 47.7 Å². The summed E-state index contributed by atoms with van der Waals surface area (Å²) in [5, 5.41) is 13.2. The van der Waals surface area contributed by atoms with Crippen molar-refractivity contribution >= 4 is 22.4 Å². The van der Waals surface area contributed by atoms with Crippen LogP contribution in [0.15, 0.2) is 67.3 Å². The molecule has 6 nitrogen and oxygen atoms in total. The van der Waals surface area contributed by atoms with Crippen LogP contribution in [-0.4, -0.2) is 32.6 Å². The molecule has 1 fully saturated rings. The molecule has 1 saturated carbocycles. The molecule has 2 heterocycles. The molecule has 0 bridgehead atoms. The number of benzene rings is 2. The van der Waals surface area contributed by atoms with Gasteiger partial charge in [0.2, 0.25) is 0 Å². The van der Waals surface area contributed by atoms with Crippen molar-refractivity contribution in [3.63, 3.8) is 0 Å². The van der Waals surface area contributed by atoms with Crippen LogP contribution in [0.1, 0.15) is 12.8 Å². The zero-order valence-electron chi connectivity index (χ0n) is 17.6. The van der Waals surface area contributed by atoms with E-state index in [1.165, 1.54) is 29.8 Å². The summed E-state index contributed by atoms with van der Waals surface area (Å²) in [6.07, 6.45) is 6.43. The largest absolute Gasteiger partial charge is 0.481 e. The summed E-state index contributed by atoms with van der Waals surface area (Å²) in [6, 6.07) is 14.4. The highest BCUT2D eigenvalue weighted by atomic mass is 32.1. The normalized spacial score (nSPS) is 17.4. The summed E-state index contributed by atoms with van der Waals surface area (Å²) in [7, 11) is 0. The summed E-state index contributed by atoms with van der Waals surface area (Å²) in [4.78, 5) is 25.1. The summed E-state index contributed by atoms with van der Waals surface area (Å²) >= 11 is 1.53. The number of carboxylic acids is 1. The smallest absolute Gasteiger partial charge is 0.306 e. The third-order valence-electron chi connectivity index (χ3n) is 5.91. The topological polar surface area (TPSA) is 88.0 Å². The maximum atomic E-state index is 13.2. The van der Waals surface area contributed by atoms with Crippen LogP contribution in [0.4, 0.5) is 9.52 Å². The zero-order valence-corrected chi connectivity index (χ0v) is 18.4. The van der Waals surface area contributed by atoms with Crippen molar-refractivity contribution in [2.75, 3.05) is 11.9 Å². The second kappa shape index (κ2) is 9.07. The van der Waals surface area contributed by atoms with Crippen molar-refractivity contribution in [2.24, 2.45) is 11.8 Å². The van der Waals surface area contributed by atoms with Crippen LogP contribution in [0.3, 0.4) is 0 Å². The molecule has 166 valence electrons. The van der Waals surface area contributed by atoms with Crippen LogP contribution in [0.2, 0.25) is 0 Å². The predicted molar refractivity (Wildman–Crippen MR) is 126 cm³/mol. The Morgan fingerprint density at radius 1 is 0.970 bits per heavy atom. The average Bonchev–Trinajstić information content (AvgIpc) is 3.23. The van der Waals surface area contributed by atoms with Crippen molar-refractivity contribution in [3.8, 4) is 32.8 Å². The maximum Gasteiger partial charge on any atom is 0.306 e. The molecule has 0 radical (unpaired) electrons. The fourth-order valence-corrected chi connectivity index (χ4v) is 4.97. The number of carboxylic acid groups (broad SMARTS) is 1. The Morgan fingerprint density at radius 2 is 1.58 bits per heavy atom. The highest BCUT2D eigenvalue weighted by Gasteiger charge is 2.34. The Morgan fingerprint density at radius 3 is 2.21 bits per heavy atom. The first-order chi connectivity index (χ1) is 16.1. The van der Waals surface area contributed by atoms with Crippen molar-refractivity contribution < 1.29 is 14.3 Å². The van der Waals surface area contributed by atoms with E-state index in [2.05, 4.69) is 15.3 Å². The van der Waals surface area contributed by atoms with E-state index in [0.717, 1.165) is 38.0 Å². The second-order valence-electron chi connectivity index (χ2n) is 8.16. The lowest BCUT2D eigenvalue weighted by molar-refractivity contribution is -0.146. The van der Waals surface area contributed by atoms with Gasteiger partial charge in [0, 0.05) is 30.1 Å². The maximum absolute atomic E-state index is 13.2. The van der Waals surface area contributed by atoms with Crippen molar-refractivity contribution in [2.45, 2.75) is 12.8 Å². The van der Waals surface area contributed by atoms with Gasteiger partial charge in [-0.25, -0.2) is 19.3 Å². The molecule has 4 aromatic rings. The van der Waals surface area contributed by atoms with Crippen LogP contribution in [0.5, 0.6) is 0 Å². The molecule has 2 N–H and O–H groups in total. The molecule has 1 aliphatic rings. The number of nitrogens with one attached hydrogen (secondary N) is 1. The van der Waals surface area contributed by atoms with Gasteiger partial charge in [-0.05, 0) is 42.0 Å². The fourth-order valence-electron chi connectivity index (χ4n) is 4.00. The van der Waals surface area contributed by atoms with Gasteiger partial charge in [-0.3, -0.25) is 4.79 Å². The minimum atomic E-state index is -0.710. The Balaban J connectivity index is 1.39. The molecule has 5 rings (SSSR count). The lowest BCUT2D eigenvalue weighted by Gasteiger charge is -2.32. The van der Waals surface area contributed by atoms with Gasteiger partial charge in [0.05, 0.1) is 16.5 Å². The van der Waals surface area contributed by atoms with Gasteiger partial charge in [0.1, 0.15) is 12.1 Å². The second-order valence-corrected chi connectivity index (χ2v) is 9.16. The first-order valence-corrected chi connectivity index (χ1v) is 11.5. The number of aromatic nitrogens is 3. The van der Waals surface area contributed by atoms with Gasteiger partial charge < -0.3 is 10.4 Å². The molecule has 0 spiro atoms. The number of rotatable bonds is 7. The summed E-state index contributed by atoms with van der Waals surface area (Å²) in [6.45, 7) is 0.699. The van der Waals surface area contributed by atoms with E-state index in [-0.39, 0.29) is 11.7 Å². The molecule has 1 aliphatic carbocycles. The SMILES string of the molecule is O=C(O)C1CC(CNc2nc(-c3ccc(-c4ccc(F)cc4)cc3)c(-c3cncnc3)s2)C1. The minimum Gasteiger partial charge on any atom is -0.481 e. The molecular formula is C25H21FN4O2S. The number of nitrogens with zero attached hydrogens (tertiary/aromatic N) is 3. The fraction of sp³-hybridized carbons (Fsp3) is 0.200. The number of anilines is 1. The van der Waals surface area contributed by atoms with Gasteiger partial charge >= 0.3 is 5.97 Å². The van der Waals surface area contributed by atoms with E-state index in [1.807, 2.05) is 24.3 Å². The lowest BCUT2D eigenvalue weighted by atomic mass is 9.75. The first kappa shape index (κ1) is 21.2. The Kier molecular flexibility index (Phi) is 5.83. The van der Waals surface area contributed by atoms with Crippen LogP contribution >= 0.6 is 11.3 Å². The molecule has 0 unspecified atom stereocenters. The van der Waals surface area contributed by atoms with E-state index in [1.54, 1.807) is 24.5 Å². The number of thiazole rings is 1. The van der Waals surface area contributed by atoms with Crippen molar-refractivity contribution in [1.29, 1.82) is 0 Å². The Labute approximate surface area is 194 Å². The molecule has 2 aromatic carbocycles. The van der Waals surface area contributed by atoms with Crippen LogP contribution in [-0.2, 0) is 4.79 Å². The predicted octanol–water partition coefficient (Wildman–Crippen LogP) is 5.60. The van der Waals surface area contributed by atoms with Gasteiger partial charge in [-0.2, -0.15) is 0 Å². The Bertz CT molecular complexity index is 1250. The van der Waals surface area contributed by atoms with Crippen LogP contribution < -0.4 is 5.32 Å². The van der Waals surface area contributed by atoms with Crippen molar-refractivity contribution in [3.05, 3.63) is 73.1 Å². The molecular weight excluding hydrogens is 439 g/mol. The van der Waals surface area contributed by atoms with Gasteiger partial charge in [0.25, 0.3) is 0 Å². The standard InChI is InChI=1S/C25H21FN4O2S/c26-21-7-5-17(6-8-21)16-1-3-18(4-2-16)22-23(20-12-27-14-28-13-20)33-25(30-22)29-11-15-9-19(10-15)24(31)32/h1-8,12-15,19H,9-11H2,(H,29,30)(H,31,32). The quantitative estimate of drug-likeness (QED) is 0.373. The third-order valence-corrected chi connectivity index (χ3v) is 6.97. The highest BCUT2D eigenvalue weighted by molar-refractivity contribution is 7.19. The lowest BCUT2D eigenvalue weighted by Crippen LogP contribution is -2.34. The summed E-state index contributed by atoms with van der Waals surface area (Å²) < 4.78 is 13.2. The highest BCUT2D eigenvalue weighted by Crippen LogP contribution is 2.40. The number of halogens is 1. The van der Waals surface area contributed by atoms with E-state index >= 15 is 0 Å². The van der Waals surface area contributed by atoms with E-state index in [4.69, 9.17) is 10.1 Å². The van der Waals surface area contributed by atoms with E-state index in [0.29, 0.717) is 25.3 Å². The van der Waals surface area contributed by atoms with Gasteiger partial charge in [0.15, 0.2) is 5.13 Å². The number of hydrogen-bond donors (Lipinski definition) is 2. The number of hydrogen-bond acceptors (Lipinski definition) is 6. The van der Waals surface area contributed by atoms with Crippen molar-refractivity contribution in [1.82, 2.24) is 15.0 Å². The Hall–Kier alpha value is -3.65. The minimum absolute atomic E-state index is 0.222. The number of carbonyl (C=O) groups is 1. The summed E-state index contributed by atoms with van der Waals surface area (Å²) in [5.74, 6) is -0.844. The molecule has 2 aromatic heterocycles. The third kappa shape index (κ3) is 4.61. The molecule has 33 heavy (non-hydrogen) atoms. The monoisotopic (exact) mass is 460 g/mol. The van der Waals surface area contributed by atoms with E-state index < -0.39 is 5.97 Å². The van der Waals surface area contributed by atoms with Crippen LogP contribution in [0.25, 0.3) is 32.8 Å². The van der Waals surface area contributed by atoms with E-state index in [9.17, 15) is 9.18 Å². The first-order valence-electron chi connectivity index (χ1n) is 10.7. The summed E-state index contributed by atoms with van der Waals surface area (Å²) in [5.41, 5.74) is 4.61. The molecule has 8 heteroatoms. The molecule has 0 amide bonds. The zero-order chi connectivity index (χ0) is 22.8. The molecule has 0 atom stereocenters.